The first-order valence-corrected chi connectivity index (χ1v) is 9.73. The van der Waals surface area contributed by atoms with Crippen LogP contribution in [0.25, 0.3) is 35.4 Å². The topological polar surface area (TPSA) is 83.2 Å². The monoisotopic (exact) mass is 414 g/mol. The van der Waals surface area contributed by atoms with Gasteiger partial charge in [-0.25, -0.2) is 19.9 Å². The highest BCUT2D eigenvalue weighted by atomic mass is 16.5. The van der Waals surface area contributed by atoms with Gasteiger partial charge in [-0.05, 0) is 56.3 Å². The number of nitrogens with zero attached hydrogens (tertiary/aromatic N) is 4. The fourth-order valence-corrected chi connectivity index (χ4v) is 3.21. The molecule has 2 heterocycles. The van der Waals surface area contributed by atoms with Crippen molar-refractivity contribution in [1.29, 1.82) is 0 Å². The quantitative estimate of drug-likeness (QED) is 0.440. The van der Waals surface area contributed by atoms with Crippen molar-refractivity contribution in [3.8, 4) is 11.5 Å². The molecule has 4 aromatic rings. The molecule has 7 heteroatoms. The predicted molar refractivity (Wildman–Crippen MR) is 121 cm³/mol. The van der Waals surface area contributed by atoms with Crippen LogP contribution >= 0.6 is 0 Å². The number of methoxy groups -OCH3 is 2. The molecule has 0 aliphatic carbocycles. The van der Waals surface area contributed by atoms with Gasteiger partial charge in [0.25, 0.3) is 0 Å². The average Bonchev–Trinajstić information content (AvgIpc) is 3.18. The summed E-state index contributed by atoms with van der Waals surface area (Å²) in [5.41, 5.74) is 3.24. The number of rotatable bonds is 6. The van der Waals surface area contributed by atoms with Gasteiger partial charge >= 0.3 is 0 Å². The van der Waals surface area contributed by atoms with Crippen molar-refractivity contribution in [3.63, 3.8) is 0 Å². The smallest absolute Gasteiger partial charge is 0.220 e. The summed E-state index contributed by atoms with van der Waals surface area (Å²) in [5, 5.41) is 0. The Balaban J connectivity index is 1.65. The molecular formula is C24H22N4O3. The maximum Gasteiger partial charge on any atom is 0.220 e. The van der Waals surface area contributed by atoms with E-state index in [1.807, 2.05) is 74.5 Å². The molecule has 0 bridgehead atoms. The predicted octanol–water partition coefficient (Wildman–Crippen LogP) is 4.99. The Kier molecular flexibility index (Phi) is 5.75. The first-order valence-electron chi connectivity index (χ1n) is 9.73. The van der Waals surface area contributed by atoms with Crippen LogP contribution < -0.4 is 9.47 Å². The Morgan fingerprint density at radius 2 is 1.35 bits per heavy atom. The standard InChI is InChI=1S/C24H22N4O3/c1-15-25-16(2)27-23(26-15)11-9-17-13-22(30-4)18(14-21(17)29-3)10-12-24-28-19-7-5-6-8-20(19)31-24/h5-14H,1-4H3/b11-9+,12-10+. The summed E-state index contributed by atoms with van der Waals surface area (Å²) in [6.07, 6.45) is 7.41. The van der Waals surface area contributed by atoms with Gasteiger partial charge in [0.15, 0.2) is 11.4 Å². The minimum absolute atomic E-state index is 0.520. The highest BCUT2D eigenvalue weighted by Gasteiger charge is 2.09. The Morgan fingerprint density at radius 1 is 0.742 bits per heavy atom. The summed E-state index contributed by atoms with van der Waals surface area (Å²) in [4.78, 5) is 17.3. The fourth-order valence-electron chi connectivity index (χ4n) is 3.21. The Morgan fingerprint density at radius 3 is 1.97 bits per heavy atom. The van der Waals surface area contributed by atoms with E-state index in [4.69, 9.17) is 13.9 Å². The second-order valence-corrected chi connectivity index (χ2v) is 6.81. The van der Waals surface area contributed by atoms with Crippen LogP contribution in [0.4, 0.5) is 0 Å². The zero-order chi connectivity index (χ0) is 21.8. The molecule has 2 aromatic carbocycles. The van der Waals surface area contributed by atoms with Crippen molar-refractivity contribution in [2.45, 2.75) is 13.8 Å². The van der Waals surface area contributed by atoms with E-state index in [1.165, 1.54) is 0 Å². The summed E-state index contributed by atoms with van der Waals surface area (Å²) < 4.78 is 16.9. The van der Waals surface area contributed by atoms with Gasteiger partial charge in [0.2, 0.25) is 5.89 Å². The van der Waals surface area contributed by atoms with E-state index in [1.54, 1.807) is 14.2 Å². The van der Waals surface area contributed by atoms with Crippen LogP contribution in [0.5, 0.6) is 11.5 Å². The number of benzene rings is 2. The van der Waals surface area contributed by atoms with Crippen LogP contribution in [0.2, 0.25) is 0 Å². The van der Waals surface area contributed by atoms with Gasteiger partial charge < -0.3 is 13.9 Å². The van der Waals surface area contributed by atoms with E-state index >= 15 is 0 Å². The number of fused-ring (bicyclic) bond motifs is 1. The molecule has 0 N–H and O–H groups in total. The zero-order valence-corrected chi connectivity index (χ0v) is 17.8. The molecule has 0 radical (unpaired) electrons. The Labute approximate surface area is 180 Å². The first-order chi connectivity index (χ1) is 15.1. The molecule has 0 unspecified atom stereocenters. The lowest BCUT2D eigenvalue weighted by atomic mass is 10.1. The minimum Gasteiger partial charge on any atom is -0.496 e. The summed E-state index contributed by atoms with van der Waals surface area (Å²) in [6, 6.07) is 11.5. The van der Waals surface area contributed by atoms with Gasteiger partial charge in [-0.3, -0.25) is 0 Å². The number of oxazole rings is 1. The van der Waals surface area contributed by atoms with E-state index < -0.39 is 0 Å². The second-order valence-electron chi connectivity index (χ2n) is 6.81. The molecule has 7 nitrogen and oxygen atoms in total. The SMILES string of the molecule is COc1cc(/C=C/c2nc3ccccc3o2)c(OC)cc1/C=C/c1nc(C)nc(C)n1. The van der Waals surface area contributed by atoms with Gasteiger partial charge in [-0.2, -0.15) is 0 Å². The van der Waals surface area contributed by atoms with Gasteiger partial charge in [0.1, 0.15) is 28.7 Å². The van der Waals surface area contributed by atoms with Crippen LogP contribution in [0, 0.1) is 13.8 Å². The second kappa shape index (κ2) is 8.79. The molecule has 4 rings (SSSR count). The highest BCUT2D eigenvalue weighted by molar-refractivity contribution is 5.79. The molecule has 0 saturated heterocycles. The maximum absolute atomic E-state index is 5.75. The van der Waals surface area contributed by atoms with E-state index in [-0.39, 0.29) is 0 Å². The third-order valence-electron chi connectivity index (χ3n) is 4.59. The van der Waals surface area contributed by atoms with Crippen LogP contribution in [-0.2, 0) is 0 Å². The lowest BCUT2D eigenvalue weighted by Crippen LogP contribution is -1.98. The summed E-state index contributed by atoms with van der Waals surface area (Å²) in [6.45, 7) is 3.68. The summed E-state index contributed by atoms with van der Waals surface area (Å²) >= 11 is 0. The van der Waals surface area contributed by atoms with Crippen molar-refractivity contribution >= 4 is 35.4 Å². The lowest BCUT2D eigenvalue weighted by molar-refractivity contribution is 0.401. The van der Waals surface area contributed by atoms with Crippen molar-refractivity contribution in [1.82, 2.24) is 19.9 Å². The molecule has 31 heavy (non-hydrogen) atoms. The van der Waals surface area contributed by atoms with Crippen molar-refractivity contribution in [2.24, 2.45) is 0 Å². The molecule has 0 amide bonds. The van der Waals surface area contributed by atoms with Crippen molar-refractivity contribution in [3.05, 3.63) is 70.9 Å². The molecule has 0 spiro atoms. The molecule has 0 atom stereocenters. The number of ether oxygens (including phenoxy) is 2. The normalized spacial score (nSPS) is 11.6. The molecule has 0 saturated carbocycles. The lowest BCUT2D eigenvalue weighted by Gasteiger charge is -2.11. The van der Waals surface area contributed by atoms with Crippen LogP contribution in [0.1, 0.15) is 34.5 Å². The summed E-state index contributed by atoms with van der Waals surface area (Å²) in [5.74, 6) is 3.85. The molecule has 2 aromatic heterocycles. The molecule has 0 aliphatic rings. The van der Waals surface area contributed by atoms with E-state index in [9.17, 15) is 0 Å². The van der Waals surface area contributed by atoms with E-state index in [0.717, 1.165) is 22.2 Å². The van der Waals surface area contributed by atoms with Crippen LogP contribution in [-0.4, -0.2) is 34.2 Å². The van der Waals surface area contributed by atoms with Crippen LogP contribution in [0.15, 0.2) is 40.8 Å². The zero-order valence-electron chi connectivity index (χ0n) is 17.8. The summed E-state index contributed by atoms with van der Waals surface area (Å²) in [7, 11) is 3.26. The minimum atomic E-state index is 0.520. The average molecular weight is 414 g/mol. The first kappa shape index (κ1) is 20.3. The van der Waals surface area contributed by atoms with E-state index in [2.05, 4.69) is 19.9 Å². The fraction of sp³-hybridized carbons (Fsp3) is 0.167. The Hall–Kier alpha value is -4.00. The third kappa shape index (κ3) is 4.61. The third-order valence-corrected chi connectivity index (χ3v) is 4.59. The molecule has 0 aliphatic heterocycles. The number of hydrogen-bond acceptors (Lipinski definition) is 7. The highest BCUT2D eigenvalue weighted by Crippen LogP contribution is 2.31. The van der Waals surface area contributed by atoms with Gasteiger partial charge in [0.05, 0.1) is 14.2 Å². The number of hydrogen-bond donors (Lipinski definition) is 0. The molecular weight excluding hydrogens is 392 g/mol. The molecule has 0 fully saturated rings. The Bertz CT molecular complexity index is 1240. The van der Waals surface area contributed by atoms with E-state index in [0.29, 0.717) is 34.9 Å². The van der Waals surface area contributed by atoms with Crippen LogP contribution in [0.3, 0.4) is 0 Å². The number of para-hydroxylation sites is 2. The van der Waals surface area contributed by atoms with Crippen molar-refractivity contribution in [2.75, 3.05) is 14.2 Å². The van der Waals surface area contributed by atoms with Gasteiger partial charge in [0, 0.05) is 17.2 Å². The van der Waals surface area contributed by atoms with Crippen molar-refractivity contribution < 1.29 is 13.9 Å². The number of aryl methyl sites for hydroxylation is 2. The van der Waals surface area contributed by atoms with Gasteiger partial charge in [-0.1, -0.05) is 12.1 Å². The largest absolute Gasteiger partial charge is 0.496 e. The number of aromatic nitrogens is 4. The maximum atomic E-state index is 5.75. The van der Waals surface area contributed by atoms with Gasteiger partial charge in [-0.15, -0.1) is 0 Å². The molecule has 156 valence electrons.